The molecule has 0 aliphatic heterocycles. The molecule has 0 amide bonds. The molecule has 4 rings (SSSR count). The number of nitrogens with one attached hydrogen (secondary N) is 1. The molecule has 0 atom stereocenters. The fraction of sp³-hybridized carbons (Fsp3) is 0.364. The van der Waals surface area contributed by atoms with E-state index in [1.54, 1.807) is 6.33 Å². The maximum atomic E-state index is 6.10. The zero-order valence-corrected chi connectivity index (χ0v) is 15.5. The number of aromatic nitrogens is 2. The van der Waals surface area contributed by atoms with Crippen LogP contribution in [0.5, 0.6) is 5.75 Å². The maximum absolute atomic E-state index is 6.10. The molecule has 5 heteroatoms. The van der Waals surface area contributed by atoms with E-state index in [2.05, 4.69) is 39.6 Å². The smallest absolute Gasteiger partial charge is 0.137 e. The maximum Gasteiger partial charge on any atom is 0.137 e. The van der Waals surface area contributed by atoms with Crippen molar-refractivity contribution in [1.29, 1.82) is 0 Å². The molecule has 5 nitrogen and oxygen atoms in total. The van der Waals surface area contributed by atoms with Crippen molar-refractivity contribution in [3.63, 3.8) is 0 Å². The van der Waals surface area contributed by atoms with Crippen molar-refractivity contribution >= 4 is 22.4 Å². The van der Waals surface area contributed by atoms with E-state index in [9.17, 15) is 0 Å². The minimum absolute atomic E-state index is 0.393. The van der Waals surface area contributed by atoms with Crippen LogP contribution < -0.4 is 15.8 Å². The van der Waals surface area contributed by atoms with E-state index >= 15 is 0 Å². The Morgan fingerprint density at radius 1 is 1.00 bits per heavy atom. The van der Waals surface area contributed by atoms with E-state index < -0.39 is 0 Å². The molecular formula is C22H26N4O. The minimum Gasteiger partial charge on any atom is -0.490 e. The molecule has 140 valence electrons. The van der Waals surface area contributed by atoms with E-state index in [1.807, 2.05) is 18.2 Å². The van der Waals surface area contributed by atoms with Crippen molar-refractivity contribution in [3.8, 4) is 5.75 Å². The lowest BCUT2D eigenvalue weighted by Gasteiger charge is -2.23. The molecule has 1 saturated carbocycles. The average molecular weight is 362 g/mol. The van der Waals surface area contributed by atoms with Gasteiger partial charge in [-0.1, -0.05) is 18.6 Å². The Kier molecular flexibility index (Phi) is 5.37. The molecule has 1 heterocycles. The summed E-state index contributed by atoms with van der Waals surface area (Å²) in [5, 5.41) is 4.36. The van der Waals surface area contributed by atoms with Crippen LogP contribution in [-0.2, 0) is 6.42 Å². The van der Waals surface area contributed by atoms with Crippen LogP contribution in [0.2, 0.25) is 0 Å². The number of nitrogens with zero attached hydrogens (tertiary/aromatic N) is 2. The van der Waals surface area contributed by atoms with Gasteiger partial charge in [0, 0.05) is 17.6 Å². The zero-order valence-electron chi connectivity index (χ0n) is 15.5. The van der Waals surface area contributed by atoms with Crippen molar-refractivity contribution < 1.29 is 4.74 Å². The summed E-state index contributed by atoms with van der Waals surface area (Å²) in [7, 11) is 0. The van der Waals surface area contributed by atoms with Crippen LogP contribution in [0.3, 0.4) is 0 Å². The highest BCUT2D eigenvalue weighted by Crippen LogP contribution is 2.24. The van der Waals surface area contributed by atoms with Gasteiger partial charge in [-0.2, -0.15) is 0 Å². The Balaban J connectivity index is 1.33. The first-order chi connectivity index (χ1) is 13.3. The zero-order chi connectivity index (χ0) is 18.5. The van der Waals surface area contributed by atoms with Crippen LogP contribution in [0.4, 0.5) is 11.5 Å². The fourth-order valence-electron chi connectivity index (χ4n) is 3.65. The van der Waals surface area contributed by atoms with Crippen LogP contribution >= 0.6 is 0 Å². The number of hydrogen-bond donors (Lipinski definition) is 2. The summed E-state index contributed by atoms with van der Waals surface area (Å²) >= 11 is 0. The van der Waals surface area contributed by atoms with E-state index in [4.69, 9.17) is 10.5 Å². The predicted octanol–water partition coefficient (Wildman–Crippen LogP) is 4.58. The molecule has 3 aromatic rings. The second-order valence-corrected chi connectivity index (χ2v) is 7.20. The first-order valence-corrected chi connectivity index (χ1v) is 9.78. The van der Waals surface area contributed by atoms with E-state index in [-0.39, 0.29) is 0 Å². The van der Waals surface area contributed by atoms with Gasteiger partial charge in [0.25, 0.3) is 0 Å². The van der Waals surface area contributed by atoms with E-state index in [0.717, 1.165) is 35.4 Å². The Morgan fingerprint density at radius 3 is 2.63 bits per heavy atom. The normalized spacial score (nSPS) is 15.0. The summed E-state index contributed by atoms with van der Waals surface area (Å²) < 4.78 is 6.10. The number of nitrogens with two attached hydrogens (primary N) is 1. The van der Waals surface area contributed by atoms with Crippen molar-refractivity contribution in [2.75, 3.05) is 17.6 Å². The summed E-state index contributed by atoms with van der Waals surface area (Å²) in [6.45, 7) is 0.795. The molecular weight excluding hydrogens is 336 g/mol. The molecule has 0 unspecified atom stereocenters. The van der Waals surface area contributed by atoms with Gasteiger partial charge in [0.2, 0.25) is 0 Å². The van der Waals surface area contributed by atoms with Gasteiger partial charge >= 0.3 is 0 Å². The third-order valence-corrected chi connectivity index (χ3v) is 5.14. The Hall–Kier alpha value is -2.82. The number of anilines is 2. The Bertz CT molecular complexity index is 888. The molecule has 1 aliphatic carbocycles. The Morgan fingerprint density at radius 2 is 1.81 bits per heavy atom. The molecule has 1 aromatic heterocycles. The van der Waals surface area contributed by atoms with Gasteiger partial charge in [-0.3, -0.25) is 0 Å². The van der Waals surface area contributed by atoms with Crippen LogP contribution in [-0.4, -0.2) is 22.6 Å². The summed E-state index contributed by atoms with van der Waals surface area (Å²) in [5.74, 6) is 1.81. The van der Waals surface area contributed by atoms with Gasteiger partial charge in [0.05, 0.1) is 11.6 Å². The highest BCUT2D eigenvalue weighted by atomic mass is 16.5. The molecule has 0 saturated heterocycles. The first-order valence-electron chi connectivity index (χ1n) is 9.78. The Labute approximate surface area is 160 Å². The van der Waals surface area contributed by atoms with Crippen molar-refractivity contribution in [2.24, 2.45) is 0 Å². The van der Waals surface area contributed by atoms with Gasteiger partial charge in [-0.25, -0.2) is 9.97 Å². The lowest BCUT2D eigenvalue weighted by atomic mass is 9.98. The monoisotopic (exact) mass is 362 g/mol. The second kappa shape index (κ2) is 8.25. The summed E-state index contributed by atoms with van der Waals surface area (Å²) in [6, 6.07) is 14.2. The second-order valence-electron chi connectivity index (χ2n) is 7.20. The van der Waals surface area contributed by atoms with Crippen LogP contribution in [0.1, 0.15) is 37.7 Å². The summed E-state index contributed by atoms with van der Waals surface area (Å²) in [5.41, 5.74) is 8.78. The number of benzene rings is 2. The third-order valence-electron chi connectivity index (χ3n) is 5.14. The van der Waals surface area contributed by atoms with Gasteiger partial charge in [-0.05, 0) is 68.0 Å². The van der Waals surface area contributed by atoms with Crippen LogP contribution in [0.25, 0.3) is 10.9 Å². The van der Waals surface area contributed by atoms with Crippen molar-refractivity contribution in [2.45, 2.75) is 44.6 Å². The van der Waals surface area contributed by atoms with Gasteiger partial charge in [0.1, 0.15) is 17.9 Å². The topological polar surface area (TPSA) is 73.1 Å². The molecule has 27 heavy (non-hydrogen) atoms. The van der Waals surface area contributed by atoms with E-state index in [1.165, 1.54) is 37.7 Å². The molecule has 1 fully saturated rings. The molecule has 1 aliphatic rings. The van der Waals surface area contributed by atoms with Crippen LogP contribution in [0, 0.1) is 0 Å². The molecule has 0 spiro atoms. The van der Waals surface area contributed by atoms with Crippen molar-refractivity contribution in [1.82, 2.24) is 9.97 Å². The fourth-order valence-corrected chi connectivity index (χ4v) is 3.65. The SMILES string of the molecule is Nc1ccc2ncnc(NCCc3ccc(OC4CCCCC4)cc3)c2c1. The number of rotatable bonds is 6. The molecule has 0 radical (unpaired) electrons. The standard InChI is InChI=1S/C22H26N4O/c23-17-8-11-21-20(14-17)22(26-15-25-21)24-13-12-16-6-9-19(10-7-16)27-18-4-2-1-3-5-18/h6-11,14-15,18H,1-5,12-13,23H2,(H,24,25,26). The first kappa shape index (κ1) is 17.6. The summed E-state index contributed by atoms with van der Waals surface area (Å²) in [4.78, 5) is 8.65. The summed E-state index contributed by atoms with van der Waals surface area (Å²) in [6.07, 6.45) is 9.18. The number of fused-ring (bicyclic) bond motifs is 1. The third kappa shape index (κ3) is 4.48. The number of ether oxygens (including phenoxy) is 1. The average Bonchev–Trinajstić information content (AvgIpc) is 2.70. The van der Waals surface area contributed by atoms with E-state index in [0.29, 0.717) is 11.8 Å². The molecule has 2 aromatic carbocycles. The lowest BCUT2D eigenvalue weighted by molar-refractivity contribution is 0.155. The van der Waals surface area contributed by atoms with Gasteiger partial charge < -0.3 is 15.8 Å². The lowest BCUT2D eigenvalue weighted by Crippen LogP contribution is -2.19. The minimum atomic E-state index is 0.393. The number of hydrogen-bond acceptors (Lipinski definition) is 5. The highest BCUT2D eigenvalue weighted by Gasteiger charge is 2.14. The van der Waals surface area contributed by atoms with Gasteiger partial charge in [-0.15, -0.1) is 0 Å². The highest BCUT2D eigenvalue weighted by molar-refractivity contribution is 5.91. The largest absolute Gasteiger partial charge is 0.490 e. The quantitative estimate of drug-likeness (QED) is 0.628. The van der Waals surface area contributed by atoms with Crippen molar-refractivity contribution in [3.05, 3.63) is 54.4 Å². The molecule has 3 N–H and O–H groups in total. The molecule has 0 bridgehead atoms. The predicted molar refractivity (Wildman–Crippen MR) is 110 cm³/mol. The van der Waals surface area contributed by atoms with Crippen LogP contribution in [0.15, 0.2) is 48.8 Å². The number of nitrogen functional groups attached to an aromatic ring is 1. The van der Waals surface area contributed by atoms with Gasteiger partial charge in [0.15, 0.2) is 0 Å².